The molecule has 0 amide bonds. The predicted molar refractivity (Wildman–Crippen MR) is 76.0 cm³/mol. The fraction of sp³-hybridized carbons (Fsp3) is 0.500. The third kappa shape index (κ3) is 3.45. The Bertz CT molecular complexity index is 601. The van der Waals surface area contributed by atoms with Crippen molar-refractivity contribution >= 4 is 11.9 Å². The second-order valence-electron chi connectivity index (χ2n) is 5.54. The van der Waals surface area contributed by atoms with Crippen LogP contribution in [0.3, 0.4) is 0 Å². The van der Waals surface area contributed by atoms with Gasteiger partial charge in [-0.15, -0.1) is 0 Å². The van der Waals surface area contributed by atoms with Crippen molar-refractivity contribution in [1.82, 2.24) is 0 Å². The Balaban J connectivity index is 1.78. The van der Waals surface area contributed by atoms with Crippen molar-refractivity contribution in [2.24, 2.45) is 0 Å². The van der Waals surface area contributed by atoms with Gasteiger partial charge in [-0.05, 0) is 31.0 Å². The van der Waals surface area contributed by atoms with Gasteiger partial charge >= 0.3 is 11.9 Å². The van der Waals surface area contributed by atoms with Crippen molar-refractivity contribution < 1.29 is 28.5 Å². The summed E-state index contributed by atoms with van der Waals surface area (Å²) in [5, 5.41) is 0. The lowest BCUT2D eigenvalue weighted by Crippen LogP contribution is -2.19. The van der Waals surface area contributed by atoms with Crippen LogP contribution < -0.4 is 0 Å². The van der Waals surface area contributed by atoms with E-state index in [1.165, 1.54) is 0 Å². The van der Waals surface area contributed by atoms with Crippen LogP contribution in [0.2, 0.25) is 0 Å². The number of epoxide rings is 2. The van der Waals surface area contributed by atoms with Crippen LogP contribution in [0, 0.1) is 13.8 Å². The molecule has 1 aromatic carbocycles. The van der Waals surface area contributed by atoms with Crippen LogP contribution in [0.1, 0.15) is 31.8 Å². The fourth-order valence-electron chi connectivity index (χ4n) is 2.06. The van der Waals surface area contributed by atoms with Crippen molar-refractivity contribution in [2.75, 3.05) is 26.4 Å². The molecule has 2 atom stereocenters. The molecule has 0 saturated carbocycles. The molecule has 0 bridgehead atoms. The van der Waals surface area contributed by atoms with Crippen LogP contribution in [0.25, 0.3) is 0 Å². The lowest BCUT2D eigenvalue weighted by atomic mass is 9.97. The highest BCUT2D eigenvalue weighted by Gasteiger charge is 2.29. The minimum Gasteiger partial charge on any atom is -0.459 e. The predicted octanol–water partition coefficient (Wildman–Crippen LogP) is 1.41. The van der Waals surface area contributed by atoms with Crippen molar-refractivity contribution in [2.45, 2.75) is 26.1 Å². The number of ether oxygens (including phenoxy) is 4. The molecule has 2 unspecified atom stereocenters. The van der Waals surface area contributed by atoms with Crippen LogP contribution in [0.15, 0.2) is 12.1 Å². The van der Waals surface area contributed by atoms with Gasteiger partial charge < -0.3 is 18.9 Å². The molecule has 0 spiro atoms. The molecule has 2 aliphatic heterocycles. The van der Waals surface area contributed by atoms with Crippen LogP contribution in [-0.2, 0) is 18.9 Å². The van der Waals surface area contributed by atoms with Crippen LogP contribution in [0.5, 0.6) is 0 Å². The van der Waals surface area contributed by atoms with Gasteiger partial charge in [-0.1, -0.05) is 6.07 Å². The molecule has 0 aliphatic carbocycles. The summed E-state index contributed by atoms with van der Waals surface area (Å²) in [6, 6.07) is 3.39. The molecule has 2 fully saturated rings. The Morgan fingerprint density at radius 2 is 1.59 bits per heavy atom. The Morgan fingerprint density at radius 1 is 1.05 bits per heavy atom. The molecular weight excluding hydrogens is 288 g/mol. The highest BCUT2D eigenvalue weighted by atomic mass is 16.6. The Morgan fingerprint density at radius 3 is 2.14 bits per heavy atom. The molecule has 0 N–H and O–H groups in total. The smallest absolute Gasteiger partial charge is 0.339 e. The van der Waals surface area contributed by atoms with Crippen LogP contribution in [0.4, 0.5) is 0 Å². The van der Waals surface area contributed by atoms with E-state index >= 15 is 0 Å². The average molecular weight is 306 g/mol. The zero-order valence-corrected chi connectivity index (χ0v) is 12.6. The lowest BCUT2D eigenvalue weighted by molar-refractivity contribution is 0.0430. The van der Waals surface area contributed by atoms with E-state index in [2.05, 4.69) is 0 Å². The summed E-state index contributed by atoms with van der Waals surface area (Å²) in [5.41, 5.74) is 2.13. The molecule has 0 radical (unpaired) electrons. The monoisotopic (exact) mass is 306 g/mol. The summed E-state index contributed by atoms with van der Waals surface area (Å²) in [4.78, 5) is 24.5. The molecule has 118 valence electrons. The van der Waals surface area contributed by atoms with Crippen LogP contribution in [-0.4, -0.2) is 50.6 Å². The van der Waals surface area contributed by atoms with Crippen molar-refractivity contribution in [1.29, 1.82) is 0 Å². The van der Waals surface area contributed by atoms with E-state index in [0.29, 0.717) is 13.2 Å². The lowest BCUT2D eigenvalue weighted by Gasteiger charge is -2.13. The maximum atomic E-state index is 12.3. The number of esters is 2. The van der Waals surface area contributed by atoms with Gasteiger partial charge in [0.15, 0.2) is 0 Å². The van der Waals surface area contributed by atoms with Gasteiger partial charge in [0.25, 0.3) is 0 Å². The van der Waals surface area contributed by atoms with Gasteiger partial charge in [-0.3, -0.25) is 0 Å². The number of benzene rings is 1. The first-order chi connectivity index (χ1) is 10.6. The summed E-state index contributed by atoms with van der Waals surface area (Å²) in [6.45, 7) is 5.29. The van der Waals surface area contributed by atoms with E-state index in [-0.39, 0.29) is 36.5 Å². The number of carbonyl (C=O) groups excluding carboxylic acids is 2. The first-order valence-corrected chi connectivity index (χ1v) is 7.24. The van der Waals surface area contributed by atoms with Gasteiger partial charge in [0.1, 0.15) is 25.4 Å². The van der Waals surface area contributed by atoms with Gasteiger partial charge in [0, 0.05) is 0 Å². The average Bonchev–Trinajstić information content (AvgIpc) is 3.38. The van der Waals surface area contributed by atoms with Gasteiger partial charge in [0.2, 0.25) is 0 Å². The normalized spacial score (nSPS) is 22.1. The zero-order chi connectivity index (χ0) is 15.7. The Hall–Kier alpha value is -1.92. The third-order valence-corrected chi connectivity index (χ3v) is 3.77. The van der Waals surface area contributed by atoms with E-state index in [1.54, 1.807) is 19.1 Å². The molecule has 1 aromatic rings. The van der Waals surface area contributed by atoms with Gasteiger partial charge in [0.05, 0.1) is 24.3 Å². The van der Waals surface area contributed by atoms with E-state index in [0.717, 1.165) is 11.1 Å². The minimum absolute atomic E-state index is 0.0158. The summed E-state index contributed by atoms with van der Waals surface area (Å²) in [7, 11) is 0. The van der Waals surface area contributed by atoms with Crippen LogP contribution >= 0.6 is 0 Å². The maximum absolute atomic E-state index is 12.3. The highest BCUT2D eigenvalue weighted by Crippen LogP contribution is 2.22. The first-order valence-electron chi connectivity index (χ1n) is 7.24. The summed E-state index contributed by atoms with van der Waals surface area (Å²) in [6.07, 6.45) is -0.0330. The molecule has 6 heteroatoms. The second-order valence-corrected chi connectivity index (χ2v) is 5.54. The van der Waals surface area contributed by atoms with E-state index in [4.69, 9.17) is 18.9 Å². The number of aryl methyl sites for hydroxylation is 1. The number of hydrogen-bond donors (Lipinski definition) is 0. The van der Waals surface area contributed by atoms with Crippen molar-refractivity contribution in [3.8, 4) is 0 Å². The molecule has 2 aliphatic rings. The molecule has 2 saturated heterocycles. The number of carbonyl (C=O) groups is 2. The quantitative estimate of drug-likeness (QED) is 0.584. The minimum atomic E-state index is -0.534. The van der Waals surface area contributed by atoms with Gasteiger partial charge in [-0.2, -0.15) is 0 Å². The second kappa shape index (κ2) is 6.06. The van der Waals surface area contributed by atoms with Crippen molar-refractivity contribution in [3.63, 3.8) is 0 Å². The zero-order valence-electron chi connectivity index (χ0n) is 12.6. The molecule has 2 heterocycles. The van der Waals surface area contributed by atoms with E-state index < -0.39 is 11.9 Å². The topological polar surface area (TPSA) is 77.7 Å². The van der Waals surface area contributed by atoms with Gasteiger partial charge in [-0.25, -0.2) is 9.59 Å². The third-order valence-electron chi connectivity index (χ3n) is 3.77. The van der Waals surface area contributed by atoms with Crippen molar-refractivity contribution in [3.05, 3.63) is 34.4 Å². The molecule has 22 heavy (non-hydrogen) atoms. The Labute approximate surface area is 128 Å². The standard InChI is InChI=1S/C16H18O6/c1-9-3-4-13(15(17)21-7-11-5-19-11)14(10(9)2)16(18)22-8-12-6-20-12/h3-4,11-12H,5-8H2,1-2H3. The van der Waals surface area contributed by atoms with E-state index in [1.807, 2.05) is 6.92 Å². The fourth-order valence-corrected chi connectivity index (χ4v) is 2.06. The first kappa shape index (κ1) is 15.0. The highest BCUT2D eigenvalue weighted by molar-refractivity contribution is 6.04. The van der Waals surface area contributed by atoms with E-state index in [9.17, 15) is 9.59 Å². The SMILES string of the molecule is Cc1ccc(C(=O)OCC2CO2)c(C(=O)OCC2CO2)c1C. The maximum Gasteiger partial charge on any atom is 0.339 e. The molecular formula is C16H18O6. The molecule has 3 rings (SSSR count). The number of hydrogen-bond acceptors (Lipinski definition) is 6. The Kier molecular flexibility index (Phi) is 4.13. The summed E-state index contributed by atoms with van der Waals surface area (Å²) >= 11 is 0. The number of rotatable bonds is 6. The summed E-state index contributed by atoms with van der Waals surface area (Å²) < 4.78 is 20.4. The molecule has 0 aromatic heterocycles. The molecule has 6 nitrogen and oxygen atoms in total. The largest absolute Gasteiger partial charge is 0.459 e. The summed E-state index contributed by atoms with van der Waals surface area (Å²) in [5.74, 6) is -1.06.